The largest absolute Gasteiger partial charge is 0.368 e. The summed E-state index contributed by atoms with van der Waals surface area (Å²) in [7, 11) is 0. The Balaban J connectivity index is 2.82. The summed E-state index contributed by atoms with van der Waals surface area (Å²) in [6.45, 7) is 9.90. The molecule has 88 valence electrons. The summed E-state index contributed by atoms with van der Waals surface area (Å²) in [5.41, 5.74) is 5.04. The Morgan fingerprint density at radius 2 is 2.07 bits per heavy atom. The number of rotatable bonds is 3. The molecular weight excluding hydrogens is 190 g/mol. The average molecular weight is 213 g/mol. The number of hydrogen-bond donors (Lipinski definition) is 2. The number of carbonyl (C=O) groups excluding carboxylic acids is 1. The number of primary amides is 1. The second-order valence-corrected chi connectivity index (χ2v) is 4.76. The maximum atomic E-state index is 11.6. The third-order valence-electron chi connectivity index (χ3n) is 3.62. The third-order valence-corrected chi connectivity index (χ3v) is 3.62. The topological polar surface area (TPSA) is 58.4 Å². The smallest absolute Gasteiger partial charge is 0.237 e. The van der Waals surface area contributed by atoms with Gasteiger partial charge in [-0.3, -0.25) is 9.69 Å². The average Bonchev–Trinajstić information content (AvgIpc) is 2.43. The van der Waals surface area contributed by atoms with E-state index in [-0.39, 0.29) is 11.8 Å². The first kappa shape index (κ1) is 12.5. The van der Waals surface area contributed by atoms with Crippen LogP contribution in [0.25, 0.3) is 0 Å². The molecule has 1 heterocycles. The Morgan fingerprint density at radius 3 is 2.60 bits per heavy atom. The standard InChI is InChI=1S/C11H23N3O/c1-9(2)11(3,10(12)15)14-7-4-5-13-6-8-14/h9,13H,4-8H2,1-3H3,(H2,12,15). The number of amides is 1. The highest BCUT2D eigenvalue weighted by Crippen LogP contribution is 2.24. The SMILES string of the molecule is CC(C)C(C)(C(N)=O)N1CCCNCC1. The van der Waals surface area contributed by atoms with Crippen LogP contribution in [-0.2, 0) is 4.79 Å². The van der Waals surface area contributed by atoms with Crippen LogP contribution in [0.3, 0.4) is 0 Å². The van der Waals surface area contributed by atoms with Gasteiger partial charge in [0, 0.05) is 19.6 Å². The van der Waals surface area contributed by atoms with Gasteiger partial charge in [-0.1, -0.05) is 13.8 Å². The Bertz CT molecular complexity index is 222. The molecule has 1 saturated heterocycles. The van der Waals surface area contributed by atoms with E-state index in [9.17, 15) is 4.79 Å². The minimum Gasteiger partial charge on any atom is -0.368 e. The van der Waals surface area contributed by atoms with Crippen LogP contribution in [0.15, 0.2) is 0 Å². The van der Waals surface area contributed by atoms with E-state index >= 15 is 0 Å². The zero-order valence-corrected chi connectivity index (χ0v) is 10.0. The highest BCUT2D eigenvalue weighted by Gasteiger charge is 2.40. The van der Waals surface area contributed by atoms with Crippen molar-refractivity contribution >= 4 is 5.91 Å². The van der Waals surface area contributed by atoms with Gasteiger partial charge in [-0.05, 0) is 25.8 Å². The predicted octanol–water partition coefficient (Wildman–Crippen LogP) is 0.182. The van der Waals surface area contributed by atoms with Gasteiger partial charge in [-0.2, -0.15) is 0 Å². The number of carbonyl (C=O) groups is 1. The Hall–Kier alpha value is -0.610. The van der Waals surface area contributed by atoms with E-state index in [1.807, 2.05) is 6.92 Å². The van der Waals surface area contributed by atoms with Crippen molar-refractivity contribution in [2.75, 3.05) is 26.2 Å². The maximum Gasteiger partial charge on any atom is 0.237 e. The lowest BCUT2D eigenvalue weighted by molar-refractivity contribution is -0.132. The first-order valence-corrected chi connectivity index (χ1v) is 5.75. The van der Waals surface area contributed by atoms with Crippen LogP contribution in [0.5, 0.6) is 0 Å². The molecule has 0 aromatic heterocycles. The highest BCUT2D eigenvalue weighted by atomic mass is 16.1. The van der Waals surface area contributed by atoms with Gasteiger partial charge >= 0.3 is 0 Å². The van der Waals surface area contributed by atoms with Crippen LogP contribution in [0.4, 0.5) is 0 Å². The molecule has 4 nitrogen and oxygen atoms in total. The van der Waals surface area contributed by atoms with Gasteiger partial charge < -0.3 is 11.1 Å². The molecule has 15 heavy (non-hydrogen) atoms. The first-order chi connectivity index (χ1) is 6.99. The second-order valence-electron chi connectivity index (χ2n) is 4.76. The molecule has 3 N–H and O–H groups in total. The quantitative estimate of drug-likeness (QED) is 0.703. The molecule has 0 radical (unpaired) electrons. The van der Waals surface area contributed by atoms with Crippen molar-refractivity contribution in [2.45, 2.75) is 32.7 Å². The van der Waals surface area contributed by atoms with E-state index in [0.717, 1.165) is 32.6 Å². The fraction of sp³-hybridized carbons (Fsp3) is 0.909. The molecule has 0 aromatic rings. The van der Waals surface area contributed by atoms with Gasteiger partial charge in [0.15, 0.2) is 0 Å². The molecule has 0 spiro atoms. The molecule has 0 aromatic carbocycles. The van der Waals surface area contributed by atoms with Crippen molar-refractivity contribution < 1.29 is 4.79 Å². The molecule has 1 atom stereocenters. The Morgan fingerprint density at radius 1 is 1.40 bits per heavy atom. The Labute approximate surface area is 92.2 Å². The summed E-state index contributed by atoms with van der Waals surface area (Å²) in [6.07, 6.45) is 1.08. The monoisotopic (exact) mass is 213 g/mol. The van der Waals surface area contributed by atoms with Crippen molar-refractivity contribution in [2.24, 2.45) is 11.7 Å². The van der Waals surface area contributed by atoms with E-state index < -0.39 is 5.54 Å². The van der Waals surface area contributed by atoms with Crippen LogP contribution >= 0.6 is 0 Å². The molecule has 1 amide bonds. The fourth-order valence-corrected chi connectivity index (χ4v) is 2.12. The summed E-state index contributed by atoms with van der Waals surface area (Å²) in [5, 5.41) is 3.33. The van der Waals surface area contributed by atoms with Gasteiger partial charge in [0.05, 0.1) is 5.54 Å². The summed E-state index contributed by atoms with van der Waals surface area (Å²) in [5.74, 6) is 0.0347. The molecule has 4 heteroatoms. The van der Waals surface area contributed by atoms with E-state index in [2.05, 4.69) is 24.1 Å². The highest BCUT2D eigenvalue weighted by molar-refractivity contribution is 5.84. The van der Waals surface area contributed by atoms with Gasteiger partial charge in [-0.25, -0.2) is 0 Å². The number of nitrogens with one attached hydrogen (secondary N) is 1. The Kier molecular flexibility index (Phi) is 4.11. The molecule has 0 saturated carbocycles. The minimum absolute atomic E-state index is 0.209. The van der Waals surface area contributed by atoms with Crippen LogP contribution in [0.2, 0.25) is 0 Å². The maximum absolute atomic E-state index is 11.6. The van der Waals surface area contributed by atoms with E-state index in [1.165, 1.54) is 0 Å². The molecule has 1 rings (SSSR count). The van der Waals surface area contributed by atoms with Gasteiger partial charge in [0.1, 0.15) is 0 Å². The van der Waals surface area contributed by atoms with Crippen LogP contribution < -0.4 is 11.1 Å². The van der Waals surface area contributed by atoms with Gasteiger partial charge in [0.25, 0.3) is 0 Å². The zero-order valence-electron chi connectivity index (χ0n) is 10.0. The number of nitrogens with zero attached hydrogens (tertiary/aromatic N) is 1. The molecule has 1 fully saturated rings. The third kappa shape index (κ3) is 2.49. The lowest BCUT2D eigenvalue weighted by atomic mass is 9.85. The predicted molar refractivity (Wildman–Crippen MR) is 61.5 cm³/mol. The number of hydrogen-bond acceptors (Lipinski definition) is 3. The van der Waals surface area contributed by atoms with Crippen LogP contribution in [0.1, 0.15) is 27.2 Å². The summed E-state index contributed by atoms with van der Waals surface area (Å²) >= 11 is 0. The van der Waals surface area contributed by atoms with Gasteiger partial charge in [0.2, 0.25) is 5.91 Å². The van der Waals surface area contributed by atoms with Crippen molar-refractivity contribution in [1.29, 1.82) is 0 Å². The molecule has 0 bridgehead atoms. The second kappa shape index (κ2) is 4.94. The van der Waals surface area contributed by atoms with Crippen molar-refractivity contribution in [3.05, 3.63) is 0 Å². The van der Waals surface area contributed by atoms with E-state index in [4.69, 9.17) is 5.73 Å². The lowest BCUT2D eigenvalue weighted by Gasteiger charge is -2.41. The normalized spacial score (nSPS) is 23.5. The number of nitrogens with two attached hydrogens (primary N) is 1. The molecule has 1 unspecified atom stereocenters. The van der Waals surface area contributed by atoms with Gasteiger partial charge in [-0.15, -0.1) is 0 Å². The van der Waals surface area contributed by atoms with E-state index in [1.54, 1.807) is 0 Å². The summed E-state index contributed by atoms with van der Waals surface area (Å²) in [6, 6.07) is 0. The zero-order chi connectivity index (χ0) is 11.5. The molecule has 1 aliphatic rings. The summed E-state index contributed by atoms with van der Waals surface area (Å²) in [4.78, 5) is 13.9. The molecular formula is C11H23N3O. The first-order valence-electron chi connectivity index (χ1n) is 5.75. The van der Waals surface area contributed by atoms with Crippen molar-refractivity contribution in [3.8, 4) is 0 Å². The lowest BCUT2D eigenvalue weighted by Crippen LogP contribution is -2.59. The van der Waals surface area contributed by atoms with Crippen molar-refractivity contribution in [3.63, 3.8) is 0 Å². The summed E-state index contributed by atoms with van der Waals surface area (Å²) < 4.78 is 0. The minimum atomic E-state index is -0.508. The van der Waals surface area contributed by atoms with Crippen molar-refractivity contribution in [1.82, 2.24) is 10.2 Å². The molecule has 1 aliphatic heterocycles. The van der Waals surface area contributed by atoms with E-state index in [0.29, 0.717) is 0 Å². The van der Waals surface area contributed by atoms with Crippen LogP contribution in [0, 0.1) is 5.92 Å². The fourth-order valence-electron chi connectivity index (χ4n) is 2.12. The van der Waals surface area contributed by atoms with Crippen LogP contribution in [-0.4, -0.2) is 42.5 Å². The molecule has 0 aliphatic carbocycles.